The summed E-state index contributed by atoms with van der Waals surface area (Å²) in [7, 11) is 1.46. The van der Waals surface area contributed by atoms with Gasteiger partial charge in [-0.15, -0.1) is 11.8 Å². The van der Waals surface area contributed by atoms with E-state index in [1.54, 1.807) is 30.3 Å². The van der Waals surface area contributed by atoms with Gasteiger partial charge in [0.05, 0.1) is 18.4 Å². The van der Waals surface area contributed by atoms with Crippen molar-refractivity contribution in [3.8, 4) is 5.75 Å². The number of carbonyl (C=O) groups excluding carboxylic acids is 2. The highest BCUT2D eigenvalue weighted by atomic mass is 32.2. The molecule has 126 valence electrons. The number of aryl methyl sites for hydroxylation is 1. The molecule has 0 aliphatic heterocycles. The van der Waals surface area contributed by atoms with E-state index in [1.165, 1.54) is 13.2 Å². The Morgan fingerprint density at radius 3 is 2.62 bits per heavy atom. The molecule has 2 amide bonds. The lowest BCUT2D eigenvalue weighted by Gasteiger charge is -2.11. The Labute approximate surface area is 143 Å². The molecule has 0 heterocycles. The third kappa shape index (κ3) is 4.73. The highest BCUT2D eigenvalue weighted by Gasteiger charge is 2.13. The molecule has 0 aliphatic carbocycles. The first kappa shape index (κ1) is 17.8. The van der Waals surface area contributed by atoms with Crippen LogP contribution in [0, 0.1) is 12.7 Å². The molecular weight excluding hydrogens is 331 g/mol. The molecule has 7 heteroatoms. The predicted octanol–water partition coefficient (Wildman–Crippen LogP) is 2.70. The molecule has 2 aromatic carbocycles. The Balaban J connectivity index is 1.89. The molecule has 0 spiro atoms. The minimum atomic E-state index is -0.486. The second kappa shape index (κ2) is 8.35. The van der Waals surface area contributed by atoms with Crippen molar-refractivity contribution in [3.05, 3.63) is 59.4 Å². The van der Waals surface area contributed by atoms with Crippen LogP contribution in [0.4, 0.5) is 4.39 Å². The minimum Gasteiger partial charge on any atom is -0.496 e. The molecule has 24 heavy (non-hydrogen) atoms. The first-order valence-corrected chi connectivity index (χ1v) is 8.11. The van der Waals surface area contributed by atoms with Gasteiger partial charge in [-0.05, 0) is 31.2 Å². The summed E-state index contributed by atoms with van der Waals surface area (Å²) in [5, 5.41) is 0. The van der Waals surface area contributed by atoms with Gasteiger partial charge in [0.25, 0.3) is 5.91 Å². The van der Waals surface area contributed by atoms with Crippen LogP contribution >= 0.6 is 11.8 Å². The van der Waals surface area contributed by atoms with E-state index < -0.39 is 11.8 Å². The number of carbonyl (C=O) groups is 2. The lowest BCUT2D eigenvalue weighted by atomic mass is 10.1. The summed E-state index contributed by atoms with van der Waals surface area (Å²) in [4.78, 5) is 24.3. The first-order valence-electron chi connectivity index (χ1n) is 7.12. The summed E-state index contributed by atoms with van der Waals surface area (Å²) in [5.41, 5.74) is 5.84. The molecule has 0 aliphatic rings. The van der Waals surface area contributed by atoms with Crippen molar-refractivity contribution in [1.29, 1.82) is 0 Å². The molecule has 0 unspecified atom stereocenters. The number of hydrazine groups is 1. The molecule has 0 atom stereocenters. The summed E-state index contributed by atoms with van der Waals surface area (Å²) in [5.74, 6) is -0.925. The van der Waals surface area contributed by atoms with Gasteiger partial charge in [-0.25, -0.2) is 4.39 Å². The molecule has 0 saturated heterocycles. The Bertz CT molecular complexity index is 752. The van der Waals surface area contributed by atoms with Crippen molar-refractivity contribution in [2.24, 2.45) is 0 Å². The lowest BCUT2D eigenvalue weighted by Crippen LogP contribution is -2.42. The van der Waals surface area contributed by atoms with Crippen LogP contribution in [0.2, 0.25) is 0 Å². The van der Waals surface area contributed by atoms with Crippen molar-refractivity contribution in [2.45, 2.75) is 11.8 Å². The fraction of sp³-hybridized carbons (Fsp3) is 0.176. The van der Waals surface area contributed by atoms with Gasteiger partial charge in [0.1, 0.15) is 11.6 Å². The minimum absolute atomic E-state index is 0.0217. The van der Waals surface area contributed by atoms with E-state index in [0.29, 0.717) is 16.2 Å². The van der Waals surface area contributed by atoms with Crippen molar-refractivity contribution in [3.63, 3.8) is 0 Å². The van der Waals surface area contributed by atoms with Crippen LogP contribution < -0.4 is 15.6 Å². The summed E-state index contributed by atoms with van der Waals surface area (Å²) < 4.78 is 18.6. The van der Waals surface area contributed by atoms with E-state index >= 15 is 0 Å². The third-order valence-electron chi connectivity index (χ3n) is 3.11. The second-order valence-electron chi connectivity index (χ2n) is 4.93. The highest BCUT2D eigenvalue weighted by molar-refractivity contribution is 8.00. The monoisotopic (exact) mass is 348 g/mol. The fourth-order valence-corrected chi connectivity index (χ4v) is 2.67. The molecular formula is C17H17FN2O3S. The Morgan fingerprint density at radius 2 is 1.92 bits per heavy atom. The predicted molar refractivity (Wildman–Crippen MR) is 90.5 cm³/mol. The van der Waals surface area contributed by atoms with Crippen LogP contribution in [0.5, 0.6) is 5.75 Å². The molecule has 0 fully saturated rings. The van der Waals surface area contributed by atoms with Crippen molar-refractivity contribution < 1.29 is 18.7 Å². The van der Waals surface area contributed by atoms with E-state index in [-0.39, 0.29) is 11.6 Å². The smallest absolute Gasteiger partial charge is 0.273 e. The van der Waals surface area contributed by atoms with Crippen LogP contribution in [0.3, 0.4) is 0 Å². The summed E-state index contributed by atoms with van der Waals surface area (Å²) in [6.45, 7) is 1.85. The van der Waals surface area contributed by atoms with E-state index in [0.717, 1.165) is 17.3 Å². The maximum absolute atomic E-state index is 13.5. The number of ether oxygens (including phenoxy) is 1. The summed E-state index contributed by atoms with van der Waals surface area (Å²) >= 11 is 1.05. The van der Waals surface area contributed by atoms with Gasteiger partial charge >= 0.3 is 0 Å². The Kier molecular flexibility index (Phi) is 6.20. The Morgan fingerprint density at radius 1 is 1.17 bits per heavy atom. The number of hydrogen-bond acceptors (Lipinski definition) is 4. The number of thioether (sulfide) groups is 1. The maximum atomic E-state index is 13.5. The summed E-state index contributed by atoms with van der Waals surface area (Å²) in [6, 6.07) is 11.3. The van der Waals surface area contributed by atoms with Gasteiger partial charge in [-0.2, -0.15) is 0 Å². The number of nitrogens with one attached hydrogen (secondary N) is 2. The van der Waals surface area contributed by atoms with E-state index in [9.17, 15) is 14.0 Å². The largest absolute Gasteiger partial charge is 0.496 e. The number of rotatable bonds is 5. The molecule has 2 N–H and O–H groups in total. The number of benzene rings is 2. The van der Waals surface area contributed by atoms with Gasteiger partial charge in [0.2, 0.25) is 5.91 Å². The molecule has 2 aromatic rings. The zero-order chi connectivity index (χ0) is 17.5. The Hall–Kier alpha value is -2.54. The van der Waals surface area contributed by atoms with Gasteiger partial charge in [-0.1, -0.05) is 23.8 Å². The highest BCUT2D eigenvalue weighted by Crippen LogP contribution is 2.21. The summed E-state index contributed by atoms with van der Waals surface area (Å²) in [6.07, 6.45) is 0. The van der Waals surface area contributed by atoms with E-state index in [2.05, 4.69) is 10.9 Å². The zero-order valence-electron chi connectivity index (χ0n) is 13.3. The topological polar surface area (TPSA) is 67.4 Å². The average Bonchev–Trinajstić information content (AvgIpc) is 2.59. The SMILES string of the molecule is COc1ccc(C)cc1C(=O)NNC(=O)CSc1ccccc1F. The standard InChI is InChI=1S/C17H17FN2O3S/c1-11-7-8-14(23-2)12(9-11)17(22)20-19-16(21)10-24-15-6-4-3-5-13(15)18/h3-9H,10H2,1-2H3,(H,19,21)(H,20,22). The van der Waals surface area contributed by atoms with Gasteiger partial charge in [0, 0.05) is 4.90 Å². The van der Waals surface area contributed by atoms with Crippen LogP contribution in [0.25, 0.3) is 0 Å². The lowest BCUT2D eigenvalue weighted by molar-refractivity contribution is -0.119. The van der Waals surface area contributed by atoms with Crippen LogP contribution in [0.1, 0.15) is 15.9 Å². The van der Waals surface area contributed by atoms with Crippen molar-refractivity contribution >= 4 is 23.6 Å². The van der Waals surface area contributed by atoms with Gasteiger partial charge < -0.3 is 4.74 Å². The van der Waals surface area contributed by atoms with Crippen molar-refractivity contribution in [1.82, 2.24) is 10.9 Å². The molecule has 0 bridgehead atoms. The van der Waals surface area contributed by atoms with E-state index in [1.807, 2.05) is 13.0 Å². The average molecular weight is 348 g/mol. The molecule has 2 rings (SSSR count). The quantitative estimate of drug-likeness (QED) is 0.644. The molecule has 0 radical (unpaired) electrons. The number of amides is 2. The number of methoxy groups -OCH3 is 1. The molecule has 5 nitrogen and oxygen atoms in total. The molecule has 0 saturated carbocycles. The maximum Gasteiger partial charge on any atom is 0.273 e. The second-order valence-corrected chi connectivity index (χ2v) is 5.94. The first-order chi connectivity index (χ1) is 11.5. The van der Waals surface area contributed by atoms with Gasteiger partial charge in [-0.3, -0.25) is 20.4 Å². The normalized spacial score (nSPS) is 10.1. The van der Waals surface area contributed by atoms with Crippen LogP contribution in [0.15, 0.2) is 47.4 Å². The van der Waals surface area contributed by atoms with Crippen molar-refractivity contribution in [2.75, 3.05) is 12.9 Å². The number of hydrogen-bond donors (Lipinski definition) is 2. The van der Waals surface area contributed by atoms with Crippen LogP contribution in [-0.2, 0) is 4.79 Å². The van der Waals surface area contributed by atoms with E-state index in [4.69, 9.17) is 4.74 Å². The third-order valence-corrected chi connectivity index (χ3v) is 4.16. The molecule has 0 aromatic heterocycles. The van der Waals surface area contributed by atoms with Crippen LogP contribution in [-0.4, -0.2) is 24.7 Å². The zero-order valence-corrected chi connectivity index (χ0v) is 14.1. The fourth-order valence-electron chi connectivity index (χ4n) is 1.93. The van der Waals surface area contributed by atoms with Gasteiger partial charge in [0.15, 0.2) is 0 Å². The number of halogens is 1.